The molecule has 22 heavy (non-hydrogen) atoms. The van der Waals surface area contributed by atoms with Crippen molar-refractivity contribution in [2.24, 2.45) is 0 Å². The number of rotatable bonds is 3. The van der Waals surface area contributed by atoms with E-state index in [0.29, 0.717) is 11.4 Å². The summed E-state index contributed by atoms with van der Waals surface area (Å²) in [6, 6.07) is 14.6. The van der Waals surface area contributed by atoms with Crippen molar-refractivity contribution in [1.82, 2.24) is 9.55 Å². The molecule has 0 saturated carbocycles. The summed E-state index contributed by atoms with van der Waals surface area (Å²) < 4.78 is 1.93. The molecule has 5 heteroatoms. The molecule has 0 fully saturated rings. The number of carbonyl (C=O) groups excluding carboxylic acids is 1. The number of nitrogens with zero attached hydrogens (tertiary/aromatic N) is 2. The van der Waals surface area contributed by atoms with Crippen LogP contribution >= 0.6 is 0 Å². The maximum atomic E-state index is 12.5. The highest BCUT2D eigenvalue weighted by Crippen LogP contribution is 2.23. The number of benzene rings is 2. The quantitative estimate of drug-likeness (QED) is 0.729. The average Bonchev–Trinajstić information content (AvgIpc) is 2.84. The van der Waals surface area contributed by atoms with Gasteiger partial charge in [0.2, 0.25) is 5.91 Å². The van der Waals surface area contributed by atoms with Crippen molar-refractivity contribution >= 4 is 28.3 Å². The molecule has 2 aromatic carbocycles. The Morgan fingerprint density at radius 3 is 2.64 bits per heavy atom. The number of imidazole rings is 1. The zero-order valence-electron chi connectivity index (χ0n) is 12.6. The molecule has 1 atom stereocenters. The van der Waals surface area contributed by atoms with Crippen LogP contribution in [0, 0.1) is 6.92 Å². The lowest BCUT2D eigenvalue weighted by Crippen LogP contribution is -2.24. The molecule has 1 amide bonds. The Morgan fingerprint density at radius 1 is 1.18 bits per heavy atom. The number of nitrogens with one attached hydrogen (secondary N) is 1. The lowest BCUT2D eigenvalue weighted by molar-refractivity contribution is -0.118. The summed E-state index contributed by atoms with van der Waals surface area (Å²) in [5, 5.41) is 2.88. The number of hydrogen-bond donors (Lipinski definition) is 2. The smallest absolute Gasteiger partial charge is 0.247 e. The van der Waals surface area contributed by atoms with E-state index in [1.54, 1.807) is 12.1 Å². The molecule has 5 nitrogen and oxygen atoms in total. The van der Waals surface area contributed by atoms with Crippen LogP contribution in [0.1, 0.15) is 18.8 Å². The van der Waals surface area contributed by atoms with Crippen molar-refractivity contribution in [3.8, 4) is 0 Å². The minimum Gasteiger partial charge on any atom is -0.397 e. The first-order valence-electron chi connectivity index (χ1n) is 7.17. The van der Waals surface area contributed by atoms with Crippen LogP contribution in [0.25, 0.3) is 11.0 Å². The Morgan fingerprint density at radius 2 is 1.86 bits per heavy atom. The van der Waals surface area contributed by atoms with Gasteiger partial charge in [0.1, 0.15) is 11.9 Å². The molecule has 0 spiro atoms. The first kappa shape index (κ1) is 14.1. The monoisotopic (exact) mass is 294 g/mol. The fourth-order valence-electron chi connectivity index (χ4n) is 2.62. The Kier molecular flexibility index (Phi) is 3.55. The first-order chi connectivity index (χ1) is 10.6. The van der Waals surface area contributed by atoms with Crippen LogP contribution in [0.3, 0.4) is 0 Å². The summed E-state index contributed by atoms with van der Waals surface area (Å²) in [6.45, 7) is 3.76. The molecule has 0 saturated heterocycles. The number of fused-ring (bicyclic) bond motifs is 1. The first-order valence-corrected chi connectivity index (χ1v) is 7.17. The van der Waals surface area contributed by atoms with Gasteiger partial charge in [0.05, 0.1) is 22.4 Å². The van der Waals surface area contributed by atoms with Gasteiger partial charge in [0.15, 0.2) is 0 Å². The van der Waals surface area contributed by atoms with Crippen molar-refractivity contribution in [2.75, 3.05) is 11.1 Å². The molecule has 0 aliphatic rings. The van der Waals surface area contributed by atoms with Crippen LogP contribution in [0.2, 0.25) is 0 Å². The molecular weight excluding hydrogens is 276 g/mol. The van der Waals surface area contributed by atoms with E-state index in [9.17, 15) is 4.79 Å². The number of nitrogens with two attached hydrogens (primary N) is 1. The Hall–Kier alpha value is -2.82. The lowest BCUT2D eigenvalue weighted by atomic mass is 10.2. The highest BCUT2D eigenvalue weighted by molar-refractivity contribution is 5.97. The van der Waals surface area contributed by atoms with Gasteiger partial charge in [-0.15, -0.1) is 0 Å². The van der Waals surface area contributed by atoms with Gasteiger partial charge in [-0.1, -0.05) is 24.3 Å². The second kappa shape index (κ2) is 5.52. The third kappa shape index (κ3) is 2.41. The number of hydrogen-bond acceptors (Lipinski definition) is 3. The predicted octanol–water partition coefficient (Wildman–Crippen LogP) is 3.13. The summed E-state index contributed by atoms with van der Waals surface area (Å²) >= 11 is 0. The van der Waals surface area contributed by atoms with E-state index in [4.69, 9.17) is 5.73 Å². The second-order valence-electron chi connectivity index (χ2n) is 5.27. The van der Waals surface area contributed by atoms with Crippen molar-refractivity contribution in [3.05, 3.63) is 54.4 Å². The van der Waals surface area contributed by atoms with E-state index in [1.165, 1.54) is 0 Å². The van der Waals surface area contributed by atoms with Gasteiger partial charge in [-0.2, -0.15) is 0 Å². The van der Waals surface area contributed by atoms with Crippen molar-refractivity contribution < 1.29 is 4.79 Å². The fraction of sp³-hybridized carbons (Fsp3) is 0.176. The highest BCUT2D eigenvalue weighted by atomic mass is 16.2. The number of amides is 1. The molecule has 3 N–H and O–H groups in total. The van der Waals surface area contributed by atoms with E-state index >= 15 is 0 Å². The third-order valence-corrected chi connectivity index (χ3v) is 3.76. The maximum absolute atomic E-state index is 12.5. The minimum atomic E-state index is -0.382. The van der Waals surface area contributed by atoms with Gasteiger partial charge < -0.3 is 15.6 Å². The van der Waals surface area contributed by atoms with Crippen LogP contribution in [0.5, 0.6) is 0 Å². The van der Waals surface area contributed by atoms with E-state index in [0.717, 1.165) is 16.9 Å². The molecular formula is C17H18N4O. The zero-order chi connectivity index (χ0) is 15.7. The van der Waals surface area contributed by atoms with Crippen molar-refractivity contribution in [3.63, 3.8) is 0 Å². The summed E-state index contributed by atoms with van der Waals surface area (Å²) in [7, 11) is 0. The van der Waals surface area contributed by atoms with E-state index in [2.05, 4.69) is 10.3 Å². The molecule has 3 rings (SSSR count). The largest absolute Gasteiger partial charge is 0.397 e. The summed E-state index contributed by atoms with van der Waals surface area (Å²) in [5.41, 5.74) is 8.89. The lowest BCUT2D eigenvalue weighted by Gasteiger charge is -2.17. The molecule has 0 bridgehead atoms. The Balaban J connectivity index is 1.92. The fourth-order valence-corrected chi connectivity index (χ4v) is 2.62. The number of aromatic nitrogens is 2. The predicted molar refractivity (Wildman–Crippen MR) is 88.7 cm³/mol. The molecule has 0 aliphatic heterocycles. The number of anilines is 2. The highest BCUT2D eigenvalue weighted by Gasteiger charge is 2.20. The van der Waals surface area contributed by atoms with Crippen molar-refractivity contribution in [1.29, 1.82) is 0 Å². The molecule has 1 heterocycles. The number of nitrogen functional groups attached to an aromatic ring is 1. The Labute approximate surface area is 128 Å². The van der Waals surface area contributed by atoms with Gasteiger partial charge in [-0.25, -0.2) is 4.98 Å². The number of aryl methyl sites for hydroxylation is 1. The Bertz CT molecular complexity index is 838. The van der Waals surface area contributed by atoms with Crippen molar-refractivity contribution in [2.45, 2.75) is 19.9 Å². The van der Waals surface area contributed by atoms with Gasteiger partial charge in [0, 0.05) is 0 Å². The van der Waals surface area contributed by atoms with Gasteiger partial charge in [-0.3, -0.25) is 4.79 Å². The molecule has 1 aromatic heterocycles. The average molecular weight is 294 g/mol. The van der Waals surface area contributed by atoms with E-state index < -0.39 is 0 Å². The normalized spacial score (nSPS) is 12.3. The zero-order valence-corrected chi connectivity index (χ0v) is 12.6. The third-order valence-electron chi connectivity index (χ3n) is 3.76. The topological polar surface area (TPSA) is 72.9 Å². The maximum Gasteiger partial charge on any atom is 0.247 e. The van der Waals surface area contributed by atoms with Gasteiger partial charge in [0.25, 0.3) is 0 Å². The second-order valence-corrected chi connectivity index (χ2v) is 5.27. The van der Waals surface area contributed by atoms with Crippen LogP contribution < -0.4 is 11.1 Å². The molecule has 112 valence electrons. The SMILES string of the molecule is Cc1nc2ccccc2n1C(C)C(=O)Nc1ccccc1N. The standard InChI is InChI=1S/C17H18N4O/c1-11(17(22)20-14-8-4-3-7-13(14)18)21-12(2)19-15-9-5-6-10-16(15)21/h3-11H,18H2,1-2H3,(H,20,22). The summed E-state index contributed by atoms with van der Waals surface area (Å²) in [6.07, 6.45) is 0. The van der Waals surface area contributed by atoms with E-state index in [1.807, 2.05) is 54.8 Å². The molecule has 1 unspecified atom stereocenters. The number of para-hydroxylation sites is 4. The molecule has 0 radical (unpaired) electrons. The van der Waals surface area contributed by atoms with Crippen LogP contribution in [0.4, 0.5) is 11.4 Å². The van der Waals surface area contributed by atoms with Crippen LogP contribution in [-0.4, -0.2) is 15.5 Å². The molecule has 3 aromatic rings. The van der Waals surface area contributed by atoms with Crippen LogP contribution in [-0.2, 0) is 4.79 Å². The van der Waals surface area contributed by atoms with Gasteiger partial charge >= 0.3 is 0 Å². The summed E-state index contributed by atoms with van der Waals surface area (Å²) in [5.74, 6) is 0.689. The van der Waals surface area contributed by atoms with Crippen LogP contribution in [0.15, 0.2) is 48.5 Å². The van der Waals surface area contributed by atoms with E-state index in [-0.39, 0.29) is 11.9 Å². The minimum absolute atomic E-state index is 0.121. The molecule has 0 aliphatic carbocycles. The van der Waals surface area contributed by atoms with Gasteiger partial charge in [-0.05, 0) is 38.1 Å². The number of carbonyl (C=O) groups is 1. The summed E-state index contributed by atoms with van der Waals surface area (Å²) in [4.78, 5) is 17.0.